The maximum absolute atomic E-state index is 13.7. The standard InChI is InChI=1S/C24H24F3N5O4/c1-35-18-4-2-3-17-21(18)23(22(34)32(17)12-19(33)28-13-24(25,26)27)9-7-14(8-10-23)36-20-6-5-15-16(30-20)11-29-31-15/h2-6,11,14H,7-10,12-13H2,1H3,(H,28,33)(H,29,31). The second-order valence-electron chi connectivity index (χ2n) is 8.99. The quantitative estimate of drug-likeness (QED) is 0.535. The molecule has 1 spiro atoms. The van der Waals surface area contributed by atoms with E-state index in [0.29, 0.717) is 54.1 Å². The van der Waals surface area contributed by atoms with Crippen LogP contribution in [0.3, 0.4) is 0 Å². The minimum absolute atomic E-state index is 0.178. The van der Waals surface area contributed by atoms with E-state index in [9.17, 15) is 22.8 Å². The molecule has 0 radical (unpaired) electrons. The van der Waals surface area contributed by atoms with Crippen LogP contribution < -0.4 is 19.7 Å². The SMILES string of the molecule is COc1cccc2c1C1(CCC(Oc3ccc4[nH]ncc4n3)CC1)C(=O)N2CC(=O)NCC(F)(F)F. The lowest BCUT2D eigenvalue weighted by Gasteiger charge is -2.36. The van der Waals surface area contributed by atoms with E-state index < -0.39 is 30.6 Å². The van der Waals surface area contributed by atoms with E-state index in [1.54, 1.807) is 30.5 Å². The van der Waals surface area contributed by atoms with Crippen molar-refractivity contribution in [2.24, 2.45) is 0 Å². The number of amides is 2. The lowest BCUT2D eigenvalue weighted by molar-refractivity contribution is -0.138. The Labute approximate surface area is 204 Å². The van der Waals surface area contributed by atoms with Crippen molar-refractivity contribution in [2.75, 3.05) is 25.1 Å². The third-order valence-electron chi connectivity index (χ3n) is 6.78. The van der Waals surface area contributed by atoms with Crippen molar-refractivity contribution in [2.45, 2.75) is 43.4 Å². The van der Waals surface area contributed by atoms with E-state index in [1.807, 2.05) is 11.4 Å². The molecule has 0 saturated heterocycles. The molecule has 0 unspecified atom stereocenters. The molecule has 12 heteroatoms. The molecule has 2 aromatic heterocycles. The van der Waals surface area contributed by atoms with Gasteiger partial charge in [-0.25, -0.2) is 4.98 Å². The number of nitrogens with zero attached hydrogens (tertiary/aromatic N) is 3. The first-order valence-electron chi connectivity index (χ1n) is 11.5. The summed E-state index contributed by atoms with van der Waals surface area (Å²) in [4.78, 5) is 31.7. The zero-order valence-corrected chi connectivity index (χ0v) is 19.4. The Morgan fingerprint density at radius 2 is 2.03 bits per heavy atom. The number of halogens is 3. The molecule has 1 saturated carbocycles. The molecular formula is C24H24F3N5O4. The third kappa shape index (κ3) is 4.31. The molecule has 1 aromatic carbocycles. The van der Waals surface area contributed by atoms with Gasteiger partial charge in [-0.2, -0.15) is 18.3 Å². The summed E-state index contributed by atoms with van der Waals surface area (Å²) in [5, 5.41) is 8.63. The van der Waals surface area contributed by atoms with Gasteiger partial charge < -0.3 is 19.7 Å². The third-order valence-corrected chi connectivity index (χ3v) is 6.78. The average Bonchev–Trinajstić information content (AvgIpc) is 3.41. The maximum atomic E-state index is 13.7. The highest BCUT2D eigenvalue weighted by Gasteiger charge is 2.54. The number of aromatic amines is 1. The van der Waals surface area contributed by atoms with E-state index in [2.05, 4.69) is 15.2 Å². The van der Waals surface area contributed by atoms with E-state index in [1.165, 1.54) is 12.0 Å². The number of ether oxygens (including phenoxy) is 2. The molecule has 9 nitrogen and oxygen atoms in total. The maximum Gasteiger partial charge on any atom is 0.405 e. The van der Waals surface area contributed by atoms with Crippen molar-refractivity contribution in [1.82, 2.24) is 20.5 Å². The summed E-state index contributed by atoms with van der Waals surface area (Å²) < 4.78 is 49.3. The lowest BCUT2D eigenvalue weighted by atomic mass is 9.69. The zero-order valence-electron chi connectivity index (χ0n) is 19.4. The lowest BCUT2D eigenvalue weighted by Crippen LogP contribution is -2.48. The van der Waals surface area contributed by atoms with E-state index in [-0.39, 0.29) is 12.0 Å². The van der Waals surface area contributed by atoms with Crippen LogP contribution in [-0.4, -0.2) is 59.5 Å². The largest absolute Gasteiger partial charge is 0.496 e. The Bertz CT molecular complexity index is 1300. The van der Waals surface area contributed by atoms with Crippen molar-refractivity contribution in [3.63, 3.8) is 0 Å². The number of aromatic nitrogens is 3. The first-order chi connectivity index (χ1) is 17.2. The van der Waals surface area contributed by atoms with Crippen molar-refractivity contribution in [3.8, 4) is 11.6 Å². The predicted octanol–water partition coefficient (Wildman–Crippen LogP) is 3.25. The minimum Gasteiger partial charge on any atom is -0.496 e. The van der Waals surface area contributed by atoms with Gasteiger partial charge in [0.2, 0.25) is 17.7 Å². The topological polar surface area (TPSA) is 109 Å². The summed E-state index contributed by atoms with van der Waals surface area (Å²) in [6.07, 6.45) is -1.16. The van der Waals surface area contributed by atoms with Gasteiger partial charge in [0.1, 0.15) is 30.5 Å². The molecule has 5 rings (SSSR count). The van der Waals surface area contributed by atoms with E-state index in [0.717, 1.165) is 5.52 Å². The monoisotopic (exact) mass is 503 g/mol. The van der Waals surface area contributed by atoms with Crippen LogP contribution in [0.25, 0.3) is 11.0 Å². The number of fused-ring (bicyclic) bond motifs is 3. The van der Waals surface area contributed by atoms with Crippen LogP contribution in [0.1, 0.15) is 31.2 Å². The van der Waals surface area contributed by atoms with Gasteiger partial charge in [0.25, 0.3) is 0 Å². The molecule has 1 aliphatic carbocycles. The van der Waals surface area contributed by atoms with Crippen molar-refractivity contribution < 1.29 is 32.2 Å². The number of methoxy groups -OCH3 is 1. The van der Waals surface area contributed by atoms with Gasteiger partial charge in [0.15, 0.2) is 0 Å². The fourth-order valence-electron chi connectivity index (χ4n) is 5.14. The summed E-state index contributed by atoms with van der Waals surface area (Å²) in [5.41, 5.74) is 1.67. The Morgan fingerprint density at radius 1 is 1.25 bits per heavy atom. The summed E-state index contributed by atoms with van der Waals surface area (Å²) in [7, 11) is 1.50. The second-order valence-corrected chi connectivity index (χ2v) is 8.99. The molecular weight excluding hydrogens is 479 g/mol. The number of anilines is 1. The number of carbonyl (C=O) groups excluding carboxylic acids is 2. The van der Waals surface area contributed by atoms with Crippen LogP contribution in [0.5, 0.6) is 11.6 Å². The van der Waals surface area contributed by atoms with Gasteiger partial charge in [-0.15, -0.1) is 0 Å². The van der Waals surface area contributed by atoms with E-state index in [4.69, 9.17) is 9.47 Å². The van der Waals surface area contributed by atoms with Gasteiger partial charge in [0, 0.05) is 11.6 Å². The number of H-pyrrole nitrogens is 1. The van der Waals surface area contributed by atoms with Gasteiger partial charge >= 0.3 is 6.18 Å². The number of hydrogen-bond donors (Lipinski definition) is 2. The molecule has 36 heavy (non-hydrogen) atoms. The highest BCUT2D eigenvalue weighted by molar-refractivity contribution is 6.11. The number of hydrogen-bond acceptors (Lipinski definition) is 6. The molecule has 3 heterocycles. The smallest absolute Gasteiger partial charge is 0.405 e. The molecule has 3 aromatic rings. The summed E-state index contributed by atoms with van der Waals surface area (Å²) in [5.74, 6) is -0.237. The highest BCUT2D eigenvalue weighted by atomic mass is 19.4. The minimum atomic E-state index is -4.54. The van der Waals surface area contributed by atoms with Crippen molar-refractivity contribution in [3.05, 3.63) is 42.1 Å². The van der Waals surface area contributed by atoms with Crippen LogP contribution in [-0.2, 0) is 15.0 Å². The highest BCUT2D eigenvalue weighted by Crippen LogP contribution is 2.53. The molecule has 2 N–H and O–H groups in total. The van der Waals surface area contributed by atoms with Crippen LogP contribution in [0, 0.1) is 0 Å². The number of pyridine rings is 1. The summed E-state index contributed by atoms with van der Waals surface area (Å²) in [6, 6.07) is 8.71. The van der Waals surface area contributed by atoms with Crippen molar-refractivity contribution >= 4 is 28.5 Å². The van der Waals surface area contributed by atoms with Gasteiger partial charge in [0.05, 0.1) is 29.9 Å². The van der Waals surface area contributed by atoms with Crippen LogP contribution >= 0.6 is 0 Å². The Kier molecular flexibility index (Phi) is 5.97. The van der Waals surface area contributed by atoms with Crippen LogP contribution in [0.4, 0.5) is 18.9 Å². The molecule has 0 bridgehead atoms. The first-order valence-corrected chi connectivity index (χ1v) is 11.5. The Balaban J connectivity index is 1.35. The fourth-order valence-corrected chi connectivity index (χ4v) is 5.14. The van der Waals surface area contributed by atoms with E-state index >= 15 is 0 Å². The Hall–Kier alpha value is -3.83. The molecule has 0 atom stereocenters. The average molecular weight is 503 g/mol. The van der Waals surface area contributed by atoms with Crippen LogP contribution in [0.2, 0.25) is 0 Å². The zero-order chi connectivity index (χ0) is 25.5. The summed E-state index contributed by atoms with van der Waals surface area (Å²) in [6.45, 7) is -1.97. The number of nitrogens with one attached hydrogen (secondary N) is 2. The number of alkyl halides is 3. The molecule has 1 fully saturated rings. The first kappa shape index (κ1) is 23.9. The normalized spacial score (nSPS) is 21.6. The molecule has 190 valence electrons. The van der Waals surface area contributed by atoms with Gasteiger partial charge in [-0.05, 0) is 43.9 Å². The molecule has 1 aliphatic heterocycles. The van der Waals surface area contributed by atoms with Gasteiger partial charge in [-0.3, -0.25) is 14.7 Å². The van der Waals surface area contributed by atoms with Crippen LogP contribution in [0.15, 0.2) is 36.5 Å². The van der Waals surface area contributed by atoms with Gasteiger partial charge in [-0.1, -0.05) is 6.07 Å². The molecule has 2 aliphatic rings. The predicted molar refractivity (Wildman–Crippen MR) is 123 cm³/mol. The fraction of sp³-hybridized carbons (Fsp3) is 0.417. The second kappa shape index (κ2) is 8.99. The molecule has 2 amide bonds. The number of rotatable bonds is 6. The van der Waals surface area contributed by atoms with Crippen molar-refractivity contribution in [1.29, 1.82) is 0 Å². The number of benzene rings is 1. The summed E-state index contributed by atoms with van der Waals surface area (Å²) >= 11 is 0. The Morgan fingerprint density at radius 3 is 2.75 bits per heavy atom. The number of carbonyl (C=O) groups is 2.